The zero-order valence-corrected chi connectivity index (χ0v) is 17.3. The topological polar surface area (TPSA) is 43.9 Å². The molecule has 1 aliphatic carbocycles. The molecule has 0 radical (unpaired) electrons. The molecule has 7 heteroatoms. The normalized spacial score (nSPS) is 13.3. The molecular weight excluding hydrogens is 377 g/mol. The number of amides is 3. The highest BCUT2D eigenvalue weighted by Gasteiger charge is 2.35. The first kappa shape index (κ1) is 20.3. The van der Waals surface area contributed by atoms with Crippen LogP contribution in [0.4, 0.5) is 9.18 Å². The maximum atomic E-state index is 13.2. The van der Waals surface area contributed by atoms with Crippen LogP contribution in [0.3, 0.4) is 0 Å². The predicted molar refractivity (Wildman–Crippen MR) is 109 cm³/mol. The Morgan fingerprint density at radius 1 is 1.11 bits per heavy atom. The third-order valence-electron chi connectivity index (χ3n) is 4.86. The Morgan fingerprint density at radius 3 is 2.32 bits per heavy atom. The van der Waals surface area contributed by atoms with Crippen molar-refractivity contribution in [2.24, 2.45) is 0 Å². The molecule has 0 aliphatic heterocycles. The molecule has 3 rings (SSSR count). The lowest BCUT2D eigenvalue weighted by molar-refractivity contribution is -0.133. The van der Waals surface area contributed by atoms with Crippen molar-refractivity contribution < 1.29 is 14.0 Å². The van der Waals surface area contributed by atoms with Crippen LogP contribution >= 0.6 is 11.3 Å². The van der Waals surface area contributed by atoms with Crippen LogP contribution in [0, 0.1) is 12.7 Å². The molecule has 1 aliphatic rings. The number of urea groups is 1. The first-order valence-corrected chi connectivity index (χ1v) is 10.3. The Morgan fingerprint density at radius 2 is 1.79 bits per heavy atom. The van der Waals surface area contributed by atoms with Crippen LogP contribution in [0.5, 0.6) is 0 Å². The summed E-state index contributed by atoms with van der Waals surface area (Å²) in [5.74, 6) is -0.397. The average Bonchev–Trinajstić information content (AvgIpc) is 3.43. The number of carbonyl (C=O) groups is 2. The van der Waals surface area contributed by atoms with Crippen LogP contribution in [0.25, 0.3) is 0 Å². The van der Waals surface area contributed by atoms with Crippen molar-refractivity contribution in [3.8, 4) is 0 Å². The summed E-state index contributed by atoms with van der Waals surface area (Å²) in [5.41, 5.74) is 2.01. The Hall–Kier alpha value is -2.41. The first-order valence-electron chi connectivity index (χ1n) is 9.38. The number of carbonyl (C=O) groups excluding carboxylic acids is 2. The van der Waals surface area contributed by atoms with Crippen LogP contribution in [-0.2, 0) is 17.9 Å². The lowest BCUT2D eigenvalue weighted by atomic mass is 10.2. The highest BCUT2D eigenvalue weighted by molar-refractivity contribution is 7.10. The van der Waals surface area contributed by atoms with Gasteiger partial charge in [0.05, 0.1) is 6.54 Å². The van der Waals surface area contributed by atoms with Gasteiger partial charge in [0.25, 0.3) is 0 Å². The van der Waals surface area contributed by atoms with Gasteiger partial charge in [-0.25, -0.2) is 9.18 Å². The van der Waals surface area contributed by atoms with E-state index < -0.39 is 0 Å². The lowest BCUT2D eigenvalue weighted by Crippen LogP contribution is -2.47. The standard InChI is InChI=1S/C21H26FN3O2S/c1-15-10-11-28-19(15)13-24(12-16-4-6-17(22)7-5-16)20(26)14-25(18-8-9-18)21(27)23(2)3/h4-7,10-11,18H,8-9,12-14H2,1-3H3. The Balaban J connectivity index is 1.78. The summed E-state index contributed by atoms with van der Waals surface area (Å²) in [6.07, 6.45) is 1.88. The molecule has 3 amide bonds. The minimum atomic E-state index is -0.299. The van der Waals surface area contributed by atoms with Crippen LogP contribution < -0.4 is 0 Å². The van der Waals surface area contributed by atoms with Crippen LogP contribution in [-0.4, -0.2) is 53.3 Å². The zero-order chi connectivity index (χ0) is 20.3. The van der Waals surface area contributed by atoms with E-state index >= 15 is 0 Å². The highest BCUT2D eigenvalue weighted by atomic mass is 32.1. The second-order valence-corrected chi connectivity index (χ2v) is 8.44. The second-order valence-electron chi connectivity index (χ2n) is 7.44. The minimum absolute atomic E-state index is 0.0628. The molecule has 150 valence electrons. The Labute approximate surface area is 169 Å². The molecule has 0 spiro atoms. The summed E-state index contributed by atoms with van der Waals surface area (Å²) in [7, 11) is 3.40. The van der Waals surface area contributed by atoms with Crippen molar-refractivity contribution in [1.82, 2.24) is 14.7 Å². The van der Waals surface area contributed by atoms with Crippen molar-refractivity contribution in [2.45, 2.75) is 38.9 Å². The molecule has 1 aromatic heterocycles. The Kier molecular flexibility index (Phi) is 6.34. The van der Waals surface area contributed by atoms with E-state index in [-0.39, 0.29) is 30.3 Å². The van der Waals surface area contributed by atoms with Gasteiger partial charge in [0.1, 0.15) is 12.4 Å². The second kappa shape index (κ2) is 8.73. The van der Waals surface area contributed by atoms with Crippen LogP contribution in [0.15, 0.2) is 35.7 Å². The van der Waals surface area contributed by atoms with Crippen molar-refractivity contribution >= 4 is 23.3 Å². The van der Waals surface area contributed by atoms with E-state index in [1.807, 2.05) is 18.4 Å². The molecule has 0 saturated heterocycles. The molecule has 5 nitrogen and oxygen atoms in total. The van der Waals surface area contributed by atoms with Crippen molar-refractivity contribution in [3.63, 3.8) is 0 Å². The number of hydrogen-bond acceptors (Lipinski definition) is 3. The van der Waals surface area contributed by atoms with Gasteiger partial charge in [-0.15, -0.1) is 11.3 Å². The number of thiophene rings is 1. The summed E-state index contributed by atoms with van der Waals surface area (Å²) < 4.78 is 13.2. The van der Waals surface area contributed by atoms with E-state index in [0.29, 0.717) is 13.1 Å². The van der Waals surface area contributed by atoms with Gasteiger partial charge in [0.2, 0.25) is 5.91 Å². The quantitative estimate of drug-likeness (QED) is 0.704. The summed E-state index contributed by atoms with van der Waals surface area (Å²) in [6, 6.07) is 8.24. The SMILES string of the molecule is Cc1ccsc1CN(Cc1ccc(F)cc1)C(=O)CN(C(=O)N(C)C)C1CC1. The van der Waals surface area contributed by atoms with Crippen LogP contribution in [0.2, 0.25) is 0 Å². The van der Waals surface area contributed by atoms with Gasteiger partial charge in [0, 0.05) is 31.6 Å². The minimum Gasteiger partial charge on any atom is -0.332 e. The predicted octanol–water partition coefficient (Wildman–Crippen LogP) is 3.87. The summed E-state index contributed by atoms with van der Waals surface area (Å²) in [4.78, 5) is 31.7. The Bertz CT molecular complexity index is 830. The molecule has 2 aromatic rings. The van der Waals surface area contributed by atoms with Gasteiger partial charge in [-0.3, -0.25) is 4.79 Å². The van der Waals surface area contributed by atoms with Gasteiger partial charge in [0.15, 0.2) is 0 Å². The zero-order valence-electron chi connectivity index (χ0n) is 16.5. The summed E-state index contributed by atoms with van der Waals surface area (Å²) in [6.45, 7) is 2.95. The fraction of sp³-hybridized carbons (Fsp3) is 0.429. The third kappa shape index (κ3) is 5.10. The van der Waals surface area contributed by atoms with Crippen molar-refractivity contribution in [2.75, 3.05) is 20.6 Å². The molecule has 0 bridgehead atoms. The molecule has 1 fully saturated rings. The van der Waals surface area contributed by atoms with E-state index in [4.69, 9.17) is 0 Å². The number of rotatable bonds is 7. The number of nitrogens with zero attached hydrogens (tertiary/aromatic N) is 3. The van der Waals surface area contributed by atoms with E-state index in [2.05, 4.69) is 0 Å². The molecule has 0 N–H and O–H groups in total. The van der Waals surface area contributed by atoms with Gasteiger partial charge in [-0.05, 0) is 54.5 Å². The monoisotopic (exact) mass is 403 g/mol. The number of benzene rings is 1. The van der Waals surface area contributed by atoms with E-state index in [0.717, 1.165) is 28.8 Å². The largest absolute Gasteiger partial charge is 0.332 e. The van der Waals surface area contributed by atoms with Crippen LogP contribution in [0.1, 0.15) is 28.8 Å². The highest BCUT2D eigenvalue weighted by Crippen LogP contribution is 2.28. The van der Waals surface area contributed by atoms with Gasteiger partial charge in [-0.2, -0.15) is 0 Å². The molecule has 28 heavy (non-hydrogen) atoms. The number of aryl methyl sites for hydroxylation is 1. The van der Waals surface area contributed by atoms with Crippen molar-refractivity contribution in [1.29, 1.82) is 0 Å². The molecule has 1 aromatic carbocycles. The van der Waals surface area contributed by atoms with Gasteiger partial charge in [-0.1, -0.05) is 12.1 Å². The number of halogens is 1. The lowest BCUT2D eigenvalue weighted by Gasteiger charge is -2.29. The third-order valence-corrected chi connectivity index (χ3v) is 5.87. The smallest absolute Gasteiger partial charge is 0.320 e. The fourth-order valence-electron chi connectivity index (χ4n) is 3.02. The summed E-state index contributed by atoms with van der Waals surface area (Å²) in [5, 5.41) is 2.01. The molecule has 1 saturated carbocycles. The van der Waals surface area contributed by atoms with E-state index in [1.165, 1.54) is 17.0 Å². The van der Waals surface area contributed by atoms with Crippen molar-refractivity contribution in [3.05, 3.63) is 57.5 Å². The van der Waals surface area contributed by atoms with Gasteiger partial charge >= 0.3 is 6.03 Å². The van der Waals surface area contributed by atoms with E-state index in [9.17, 15) is 14.0 Å². The molecule has 0 atom stereocenters. The first-order chi connectivity index (χ1) is 13.3. The summed E-state index contributed by atoms with van der Waals surface area (Å²) >= 11 is 1.61. The molecule has 0 unspecified atom stereocenters. The maximum Gasteiger partial charge on any atom is 0.320 e. The average molecular weight is 404 g/mol. The molecule has 1 heterocycles. The number of hydrogen-bond donors (Lipinski definition) is 0. The fourth-order valence-corrected chi connectivity index (χ4v) is 3.94. The molecular formula is C21H26FN3O2S. The van der Waals surface area contributed by atoms with E-state index in [1.54, 1.807) is 47.4 Å². The van der Waals surface area contributed by atoms with Gasteiger partial charge < -0.3 is 14.7 Å². The maximum absolute atomic E-state index is 13.2.